The van der Waals surface area contributed by atoms with E-state index in [4.69, 9.17) is 37.9 Å². The summed E-state index contributed by atoms with van der Waals surface area (Å²) in [6.45, 7) is 6.37. The van der Waals surface area contributed by atoms with E-state index < -0.39 is 77.8 Å². The Hall–Kier alpha value is -2.29. The first-order valence-corrected chi connectivity index (χ1v) is 12.6. The van der Waals surface area contributed by atoms with Crippen LogP contribution in [-0.4, -0.2) is 91.0 Å². The van der Waals surface area contributed by atoms with Crippen molar-refractivity contribution in [3.63, 3.8) is 0 Å². The van der Waals surface area contributed by atoms with Gasteiger partial charge in [0.05, 0.1) is 6.61 Å². The van der Waals surface area contributed by atoms with Crippen LogP contribution >= 0.6 is 15.9 Å². The van der Waals surface area contributed by atoms with Gasteiger partial charge in [0.25, 0.3) is 0 Å². The Bertz CT molecular complexity index is 848. The van der Waals surface area contributed by atoms with E-state index in [2.05, 4.69) is 15.9 Å². The average molecular weight is 597 g/mol. The molecule has 0 aromatic heterocycles. The predicted molar refractivity (Wildman–Crippen MR) is 125 cm³/mol. The summed E-state index contributed by atoms with van der Waals surface area (Å²) in [6.07, 6.45) is -6.81. The summed E-state index contributed by atoms with van der Waals surface area (Å²) in [6, 6.07) is 0. The van der Waals surface area contributed by atoms with E-state index in [1.54, 1.807) is 0 Å². The highest BCUT2D eigenvalue weighted by atomic mass is 79.9. The molecule has 37 heavy (non-hydrogen) atoms. The van der Waals surface area contributed by atoms with Gasteiger partial charge in [-0.25, -0.2) is 0 Å². The van der Waals surface area contributed by atoms with Crippen molar-refractivity contribution in [2.75, 3.05) is 19.8 Å². The van der Waals surface area contributed by atoms with Crippen LogP contribution in [0.4, 0.5) is 0 Å². The second-order valence-electron chi connectivity index (χ2n) is 8.51. The average Bonchev–Trinajstić information content (AvgIpc) is 2.80. The number of ether oxygens (including phenoxy) is 8. The maximum atomic E-state index is 12.7. The zero-order valence-corrected chi connectivity index (χ0v) is 23.0. The van der Waals surface area contributed by atoms with E-state index in [0.29, 0.717) is 19.3 Å². The lowest BCUT2D eigenvalue weighted by Gasteiger charge is -2.46. The highest BCUT2D eigenvalue weighted by molar-refractivity contribution is 9.10. The maximum Gasteiger partial charge on any atom is 0.328 e. The summed E-state index contributed by atoms with van der Waals surface area (Å²) in [5.74, 6) is -3.59. The summed E-state index contributed by atoms with van der Waals surface area (Å²) in [7, 11) is 0. The molecule has 2 fully saturated rings. The Balaban J connectivity index is 2.51. The van der Waals surface area contributed by atoms with E-state index in [-0.39, 0.29) is 13.2 Å². The molecule has 210 valence electrons. The lowest BCUT2D eigenvalue weighted by atomic mass is 9.97. The molecule has 0 spiro atoms. The smallest absolute Gasteiger partial charge is 0.328 e. The molecule has 0 amide bonds. The second kappa shape index (κ2) is 14.0. The number of cyclic esters (lactones) is 1. The third-order valence-electron chi connectivity index (χ3n) is 5.31. The largest absolute Gasteiger partial charge is 0.465 e. The number of rotatable bonds is 11. The van der Waals surface area contributed by atoms with Gasteiger partial charge in [-0.3, -0.25) is 24.0 Å². The van der Waals surface area contributed by atoms with Crippen molar-refractivity contribution in [3.8, 4) is 0 Å². The summed E-state index contributed by atoms with van der Waals surface area (Å²) in [5, 5.41) is 0. The highest BCUT2D eigenvalue weighted by Crippen LogP contribution is 2.38. The normalized spacial score (nSPS) is 30.4. The Morgan fingerprint density at radius 2 is 1.57 bits per heavy atom. The van der Waals surface area contributed by atoms with Crippen LogP contribution < -0.4 is 0 Å². The molecule has 13 nitrogen and oxygen atoms in total. The minimum atomic E-state index is -1.51. The minimum absolute atomic E-state index is 0.191. The highest BCUT2D eigenvalue weighted by Gasteiger charge is 2.56. The van der Waals surface area contributed by atoms with Crippen molar-refractivity contribution in [3.05, 3.63) is 0 Å². The molecule has 2 saturated heterocycles. The summed E-state index contributed by atoms with van der Waals surface area (Å²) in [4.78, 5) is 60.1. The third-order valence-corrected chi connectivity index (χ3v) is 6.40. The molecule has 7 atom stereocenters. The molecule has 0 radical (unpaired) electrons. The zero-order valence-electron chi connectivity index (χ0n) is 21.4. The van der Waals surface area contributed by atoms with Crippen LogP contribution in [0.3, 0.4) is 0 Å². The SMILES string of the molecule is CCCO[C@H](O[C@@H]1O[C@H](COC(C)=O)[C@@H](OC(C)=O)[C@H](OC(C)=O)[C@H]1OC(C)=O)[C@]1(Br)CCCOC1=O. The quantitative estimate of drug-likeness (QED) is 0.145. The van der Waals surface area contributed by atoms with Crippen LogP contribution in [0.25, 0.3) is 0 Å². The predicted octanol–water partition coefficient (Wildman–Crippen LogP) is 1.31. The number of hydrogen-bond donors (Lipinski definition) is 0. The summed E-state index contributed by atoms with van der Waals surface area (Å²) in [5.41, 5.74) is 0. The van der Waals surface area contributed by atoms with Crippen LogP contribution in [0, 0.1) is 0 Å². The van der Waals surface area contributed by atoms with Gasteiger partial charge in [0.1, 0.15) is 12.7 Å². The Morgan fingerprint density at radius 1 is 0.973 bits per heavy atom. The molecule has 0 aromatic rings. The van der Waals surface area contributed by atoms with Gasteiger partial charge in [-0.15, -0.1) is 0 Å². The minimum Gasteiger partial charge on any atom is -0.465 e. The van der Waals surface area contributed by atoms with Crippen molar-refractivity contribution in [1.29, 1.82) is 0 Å². The summed E-state index contributed by atoms with van der Waals surface area (Å²) >= 11 is 3.41. The van der Waals surface area contributed by atoms with E-state index >= 15 is 0 Å². The lowest BCUT2D eigenvalue weighted by molar-refractivity contribution is -0.343. The molecule has 2 heterocycles. The molecular formula is C23H33BrO13. The first-order chi connectivity index (χ1) is 17.4. The fourth-order valence-corrected chi connectivity index (χ4v) is 4.49. The van der Waals surface area contributed by atoms with Gasteiger partial charge < -0.3 is 37.9 Å². The van der Waals surface area contributed by atoms with E-state index in [9.17, 15) is 24.0 Å². The van der Waals surface area contributed by atoms with Gasteiger partial charge in [0.2, 0.25) is 6.29 Å². The topological polar surface area (TPSA) is 159 Å². The van der Waals surface area contributed by atoms with E-state index in [1.165, 1.54) is 6.92 Å². The number of esters is 5. The number of halogens is 1. The van der Waals surface area contributed by atoms with Crippen LogP contribution in [0.2, 0.25) is 0 Å². The molecule has 2 rings (SSSR count). The molecule has 0 saturated carbocycles. The first-order valence-electron chi connectivity index (χ1n) is 11.8. The third kappa shape index (κ3) is 8.62. The van der Waals surface area contributed by atoms with E-state index in [0.717, 1.165) is 20.8 Å². The Labute approximate surface area is 222 Å². The molecule has 2 aliphatic heterocycles. The molecule has 0 aromatic carbocycles. The number of alkyl halides is 1. The van der Waals surface area contributed by atoms with Gasteiger partial charge in [-0.05, 0) is 19.3 Å². The van der Waals surface area contributed by atoms with Crippen LogP contribution in [-0.2, 0) is 61.9 Å². The fourth-order valence-electron chi connectivity index (χ4n) is 3.85. The van der Waals surface area contributed by atoms with Crippen LogP contribution in [0.15, 0.2) is 0 Å². The molecular weight excluding hydrogens is 564 g/mol. The van der Waals surface area contributed by atoms with Gasteiger partial charge in [-0.1, -0.05) is 22.9 Å². The Morgan fingerprint density at radius 3 is 2.11 bits per heavy atom. The number of carbonyl (C=O) groups excluding carboxylic acids is 5. The zero-order chi connectivity index (χ0) is 27.8. The molecule has 0 aliphatic carbocycles. The maximum absolute atomic E-state index is 12.7. The van der Waals surface area contributed by atoms with Crippen molar-refractivity contribution < 1.29 is 61.9 Å². The number of carbonyl (C=O) groups is 5. The van der Waals surface area contributed by atoms with Gasteiger partial charge >= 0.3 is 29.8 Å². The molecule has 14 heteroatoms. The first kappa shape index (κ1) is 30.9. The number of hydrogen-bond acceptors (Lipinski definition) is 13. The molecule has 0 N–H and O–H groups in total. The lowest BCUT2D eigenvalue weighted by Crippen LogP contribution is -2.64. The fraction of sp³-hybridized carbons (Fsp3) is 0.783. The van der Waals surface area contributed by atoms with Gasteiger partial charge in [-0.2, -0.15) is 0 Å². The monoisotopic (exact) mass is 596 g/mol. The van der Waals surface area contributed by atoms with Crippen molar-refractivity contribution in [2.24, 2.45) is 0 Å². The van der Waals surface area contributed by atoms with Gasteiger partial charge in [0.15, 0.2) is 28.9 Å². The van der Waals surface area contributed by atoms with Crippen molar-refractivity contribution in [1.82, 2.24) is 0 Å². The summed E-state index contributed by atoms with van der Waals surface area (Å²) < 4.78 is 42.9. The Kier molecular flexibility index (Phi) is 11.7. The van der Waals surface area contributed by atoms with E-state index in [1.807, 2.05) is 6.92 Å². The van der Waals surface area contributed by atoms with Gasteiger partial charge in [0, 0.05) is 34.3 Å². The molecule has 2 aliphatic rings. The molecule has 0 unspecified atom stereocenters. The van der Waals surface area contributed by atoms with Crippen LogP contribution in [0.1, 0.15) is 53.9 Å². The molecule has 0 bridgehead atoms. The van der Waals surface area contributed by atoms with Crippen molar-refractivity contribution >= 4 is 45.8 Å². The second-order valence-corrected chi connectivity index (χ2v) is 9.92. The van der Waals surface area contributed by atoms with Crippen molar-refractivity contribution in [2.45, 2.75) is 95.2 Å². The van der Waals surface area contributed by atoms with Crippen LogP contribution in [0.5, 0.6) is 0 Å². The standard InChI is InChI=1S/C23H33BrO13/c1-6-9-31-22(23(24)8-7-10-30-21(23)29)37-20-19(35-15(5)28)18(34-14(4)27)17(33-13(3)26)16(36-20)11-32-12(2)25/h16-20,22H,6-11H2,1-5H3/t16-,17-,18+,19-,20+,22-,23+/m1/s1.